The van der Waals surface area contributed by atoms with E-state index in [0.29, 0.717) is 17.0 Å². The molecule has 0 aliphatic rings. The lowest BCUT2D eigenvalue weighted by molar-refractivity contribution is -0.136. The molecule has 0 radical (unpaired) electrons. The fourth-order valence-corrected chi connectivity index (χ4v) is 3.26. The number of carboxylic acid groups (broad SMARTS) is 1. The number of carboxylic acids is 1. The summed E-state index contributed by atoms with van der Waals surface area (Å²) in [5.74, 6) is -0.456. The highest BCUT2D eigenvalue weighted by atomic mass is 32.2. The molecule has 0 fully saturated rings. The van der Waals surface area contributed by atoms with E-state index in [1.54, 1.807) is 30.3 Å². The van der Waals surface area contributed by atoms with Crippen LogP contribution in [0.15, 0.2) is 58.5 Å². The Hall–Kier alpha value is -3.07. The van der Waals surface area contributed by atoms with E-state index in [-0.39, 0.29) is 23.5 Å². The summed E-state index contributed by atoms with van der Waals surface area (Å²) >= 11 is 0. The van der Waals surface area contributed by atoms with Gasteiger partial charge in [-0.1, -0.05) is 30.3 Å². The molecule has 0 atom stereocenters. The zero-order valence-electron chi connectivity index (χ0n) is 14.9. The standard InChI is InChI=1S/C18H20N2O6S/c1-25-14-8-10-17(16(12-14)26-2)27(23,24)20-19-15(9-11-18(21)22)13-6-4-3-5-7-13/h3-8,10,12,20H,9,11H2,1-2H3,(H,21,22). The molecule has 2 N–H and O–H groups in total. The van der Waals surface area contributed by atoms with E-state index in [9.17, 15) is 13.2 Å². The minimum absolute atomic E-state index is 0.0710. The van der Waals surface area contributed by atoms with Crippen LogP contribution in [0, 0.1) is 0 Å². The van der Waals surface area contributed by atoms with E-state index in [4.69, 9.17) is 14.6 Å². The maximum Gasteiger partial charge on any atom is 0.303 e. The normalized spacial score (nSPS) is 11.7. The SMILES string of the molecule is COc1ccc(S(=O)(=O)NN=C(CCC(=O)O)c2ccccc2)c(OC)c1. The van der Waals surface area contributed by atoms with Crippen LogP contribution in [0.3, 0.4) is 0 Å². The first-order chi connectivity index (χ1) is 12.9. The van der Waals surface area contributed by atoms with Crippen LogP contribution < -0.4 is 14.3 Å². The van der Waals surface area contributed by atoms with E-state index in [1.807, 2.05) is 0 Å². The van der Waals surface area contributed by atoms with Crippen molar-refractivity contribution in [3.63, 3.8) is 0 Å². The number of aliphatic carboxylic acids is 1. The first-order valence-electron chi connectivity index (χ1n) is 7.95. The van der Waals surface area contributed by atoms with Crippen molar-refractivity contribution in [1.82, 2.24) is 4.83 Å². The number of hydrogen-bond acceptors (Lipinski definition) is 6. The minimum atomic E-state index is -4.04. The molecular weight excluding hydrogens is 372 g/mol. The van der Waals surface area contributed by atoms with Crippen LogP contribution in [0.2, 0.25) is 0 Å². The maximum absolute atomic E-state index is 12.6. The molecule has 0 saturated carbocycles. The van der Waals surface area contributed by atoms with Crippen molar-refractivity contribution >= 4 is 21.7 Å². The summed E-state index contributed by atoms with van der Waals surface area (Å²) in [6.45, 7) is 0. The lowest BCUT2D eigenvalue weighted by Crippen LogP contribution is -2.21. The summed E-state index contributed by atoms with van der Waals surface area (Å²) in [5.41, 5.74) is 0.942. The number of carbonyl (C=O) groups is 1. The Morgan fingerprint density at radius 1 is 1.07 bits per heavy atom. The van der Waals surface area contributed by atoms with Gasteiger partial charge in [0.05, 0.1) is 26.4 Å². The Morgan fingerprint density at radius 3 is 2.37 bits per heavy atom. The van der Waals surface area contributed by atoms with Gasteiger partial charge < -0.3 is 14.6 Å². The summed E-state index contributed by atoms with van der Waals surface area (Å²) in [6, 6.07) is 13.0. The summed E-state index contributed by atoms with van der Waals surface area (Å²) in [5, 5.41) is 12.9. The number of hydrazone groups is 1. The molecule has 144 valence electrons. The quantitative estimate of drug-likeness (QED) is 0.500. The molecule has 2 rings (SSSR count). The van der Waals surface area contributed by atoms with Gasteiger partial charge in [-0.05, 0) is 17.7 Å². The molecule has 2 aromatic rings. The van der Waals surface area contributed by atoms with Gasteiger partial charge in [0.2, 0.25) is 0 Å². The molecule has 2 aromatic carbocycles. The Bertz CT molecular complexity index is 926. The van der Waals surface area contributed by atoms with Gasteiger partial charge in [-0.2, -0.15) is 18.4 Å². The molecule has 0 aliphatic heterocycles. The predicted octanol–water partition coefficient (Wildman–Crippen LogP) is 2.25. The van der Waals surface area contributed by atoms with E-state index in [0.717, 1.165) is 0 Å². The second-order valence-corrected chi connectivity index (χ2v) is 7.06. The van der Waals surface area contributed by atoms with Crippen molar-refractivity contribution in [2.24, 2.45) is 5.10 Å². The van der Waals surface area contributed by atoms with Crippen LogP contribution in [0.5, 0.6) is 11.5 Å². The fraction of sp³-hybridized carbons (Fsp3) is 0.222. The zero-order chi connectivity index (χ0) is 19.9. The first-order valence-corrected chi connectivity index (χ1v) is 9.43. The van der Waals surface area contributed by atoms with E-state index < -0.39 is 16.0 Å². The molecule has 27 heavy (non-hydrogen) atoms. The summed E-state index contributed by atoms with van der Waals surface area (Å²) in [6.07, 6.45) is -0.108. The van der Waals surface area contributed by atoms with Crippen molar-refractivity contribution < 1.29 is 27.8 Å². The van der Waals surface area contributed by atoms with E-state index in [1.165, 1.54) is 32.4 Å². The van der Waals surface area contributed by atoms with Crippen molar-refractivity contribution in [3.8, 4) is 11.5 Å². The van der Waals surface area contributed by atoms with E-state index >= 15 is 0 Å². The third-order valence-corrected chi connectivity index (χ3v) is 4.89. The van der Waals surface area contributed by atoms with Gasteiger partial charge in [-0.15, -0.1) is 0 Å². The van der Waals surface area contributed by atoms with Gasteiger partial charge in [0.15, 0.2) is 0 Å². The largest absolute Gasteiger partial charge is 0.497 e. The second-order valence-electron chi connectivity index (χ2n) is 5.43. The highest BCUT2D eigenvalue weighted by molar-refractivity contribution is 7.89. The van der Waals surface area contributed by atoms with Crippen LogP contribution in [-0.2, 0) is 14.8 Å². The predicted molar refractivity (Wildman–Crippen MR) is 99.7 cm³/mol. The molecule has 0 bridgehead atoms. The molecule has 8 nitrogen and oxygen atoms in total. The number of ether oxygens (including phenoxy) is 2. The van der Waals surface area contributed by atoms with Gasteiger partial charge in [-0.3, -0.25) is 4.79 Å². The Kier molecular flexibility index (Phi) is 6.78. The average Bonchev–Trinajstić information content (AvgIpc) is 2.67. The number of rotatable bonds is 9. The Morgan fingerprint density at radius 2 is 1.78 bits per heavy atom. The lowest BCUT2D eigenvalue weighted by atomic mass is 10.1. The number of sulfonamides is 1. The minimum Gasteiger partial charge on any atom is -0.497 e. The van der Waals surface area contributed by atoms with Gasteiger partial charge in [-0.25, -0.2) is 0 Å². The Balaban J connectivity index is 2.34. The van der Waals surface area contributed by atoms with Crippen LogP contribution >= 0.6 is 0 Å². The number of benzene rings is 2. The van der Waals surface area contributed by atoms with Crippen LogP contribution in [-0.4, -0.2) is 39.4 Å². The summed E-state index contributed by atoms with van der Waals surface area (Å²) < 4.78 is 35.4. The molecule has 0 saturated heterocycles. The summed E-state index contributed by atoms with van der Waals surface area (Å²) in [7, 11) is -1.23. The fourth-order valence-electron chi connectivity index (χ4n) is 2.28. The van der Waals surface area contributed by atoms with E-state index in [2.05, 4.69) is 9.93 Å². The van der Waals surface area contributed by atoms with Crippen LogP contribution in [0.25, 0.3) is 0 Å². The second kappa shape index (κ2) is 9.04. The smallest absolute Gasteiger partial charge is 0.303 e. The topological polar surface area (TPSA) is 114 Å². The molecule has 0 amide bonds. The van der Waals surface area contributed by atoms with Crippen molar-refractivity contribution in [1.29, 1.82) is 0 Å². The molecule has 0 aliphatic carbocycles. The number of nitrogens with zero attached hydrogens (tertiary/aromatic N) is 1. The monoisotopic (exact) mass is 392 g/mol. The highest BCUT2D eigenvalue weighted by Gasteiger charge is 2.20. The van der Waals surface area contributed by atoms with Gasteiger partial charge in [0.25, 0.3) is 10.0 Å². The van der Waals surface area contributed by atoms with Crippen molar-refractivity contribution in [2.45, 2.75) is 17.7 Å². The first kappa shape index (κ1) is 20.2. The third kappa shape index (κ3) is 5.45. The lowest BCUT2D eigenvalue weighted by Gasteiger charge is -2.12. The zero-order valence-corrected chi connectivity index (χ0v) is 15.7. The molecular formula is C18H20N2O6S. The van der Waals surface area contributed by atoms with Crippen LogP contribution in [0.1, 0.15) is 18.4 Å². The van der Waals surface area contributed by atoms with Crippen molar-refractivity contribution in [3.05, 3.63) is 54.1 Å². The average molecular weight is 392 g/mol. The summed E-state index contributed by atoms with van der Waals surface area (Å²) in [4.78, 5) is 12.9. The van der Waals surface area contributed by atoms with Gasteiger partial charge >= 0.3 is 5.97 Å². The van der Waals surface area contributed by atoms with Gasteiger partial charge in [0, 0.05) is 12.5 Å². The molecule has 0 spiro atoms. The molecule has 9 heteroatoms. The highest BCUT2D eigenvalue weighted by Crippen LogP contribution is 2.28. The number of methoxy groups -OCH3 is 2. The van der Waals surface area contributed by atoms with Gasteiger partial charge in [0.1, 0.15) is 16.4 Å². The maximum atomic E-state index is 12.6. The molecule has 0 unspecified atom stereocenters. The number of hydrogen-bond donors (Lipinski definition) is 2. The third-order valence-electron chi connectivity index (χ3n) is 3.64. The Labute approximate surface area is 157 Å². The van der Waals surface area contributed by atoms with Crippen molar-refractivity contribution in [2.75, 3.05) is 14.2 Å². The number of nitrogens with one attached hydrogen (secondary N) is 1. The molecule has 0 heterocycles. The van der Waals surface area contributed by atoms with Crippen LogP contribution in [0.4, 0.5) is 0 Å². The molecule has 0 aromatic heterocycles.